The van der Waals surface area contributed by atoms with Crippen molar-refractivity contribution >= 4 is 11.8 Å². The highest BCUT2D eigenvalue weighted by Crippen LogP contribution is 2.33. The fourth-order valence-electron chi connectivity index (χ4n) is 4.50. The summed E-state index contributed by atoms with van der Waals surface area (Å²) in [7, 11) is 1.61. The maximum absolute atomic E-state index is 13.0. The molecular formula is C26H33N3O4. The molecule has 0 aromatic heterocycles. The van der Waals surface area contributed by atoms with Gasteiger partial charge in [-0.1, -0.05) is 43.7 Å². The molecule has 176 valence electrons. The SMILES string of the molecule is CCCC(C(=O)NC)N1Cc2c(OCc3ccc(CN4CCOCC4)cc3)cccc2C1=O. The molecule has 0 spiro atoms. The number of nitrogens with one attached hydrogen (secondary N) is 1. The number of benzene rings is 2. The monoisotopic (exact) mass is 451 g/mol. The number of carbonyl (C=O) groups excluding carboxylic acids is 2. The first-order valence-corrected chi connectivity index (χ1v) is 11.8. The van der Waals surface area contributed by atoms with Crippen LogP contribution in [0.5, 0.6) is 5.75 Å². The molecule has 1 N–H and O–H groups in total. The van der Waals surface area contributed by atoms with Crippen molar-refractivity contribution in [3.63, 3.8) is 0 Å². The first-order valence-electron chi connectivity index (χ1n) is 11.8. The summed E-state index contributed by atoms with van der Waals surface area (Å²) in [6.45, 7) is 7.31. The lowest BCUT2D eigenvalue weighted by molar-refractivity contribution is -0.125. The number of fused-ring (bicyclic) bond motifs is 1. The zero-order valence-corrected chi connectivity index (χ0v) is 19.5. The second-order valence-electron chi connectivity index (χ2n) is 8.63. The van der Waals surface area contributed by atoms with E-state index in [1.165, 1.54) is 5.56 Å². The predicted octanol–water partition coefficient (Wildman–Crippen LogP) is 2.97. The molecule has 2 heterocycles. The molecule has 1 fully saturated rings. The van der Waals surface area contributed by atoms with Gasteiger partial charge in [-0.2, -0.15) is 0 Å². The van der Waals surface area contributed by atoms with E-state index in [1.54, 1.807) is 11.9 Å². The number of carbonyl (C=O) groups is 2. The summed E-state index contributed by atoms with van der Waals surface area (Å²) in [5.41, 5.74) is 3.84. The van der Waals surface area contributed by atoms with Crippen molar-refractivity contribution in [3.05, 3.63) is 64.7 Å². The van der Waals surface area contributed by atoms with E-state index in [0.717, 1.165) is 50.4 Å². The minimum Gasteiger partial charge on any atom is -0.489 e. The fraction of sp³-hybridized carbons (Fsp3) is 0.462. The van der Waals surface area contributed by atoms with Crippen LogP contribution in [0.15, 0.2) is 42.5 Å². The Kier molecular flexibility index (Phi) is 7.62. The van der Waals surface area contributed by atoms with Crippen LogP contribution in [0, 0.1) is 0 Å². The Morgan fingerprint density at radius 2 is 1.85 bits per heavy atom. The third-order valence-corrected chi connectivity index (χ3v) is 6.37. The Hall–Kier alpha value is -2.90. The minimum atomic E-state index is -0.466. The summed E-state index contributed by atoms with van der Waals surface area (Å²) >= 11 is 0. The normalized spacial score (nSPS) is 17.0. The molecule has 0 radical (unpaired) electrons. The Morgan fingerprint density at radius 3 is 2.55 bits per heavy atom. The van der Waals surface area contributed by atoms with Crippen molar-refractivity contribution in [1.29, 1.82) is 0 Å². The van der Waals surface area contributed by atoms with Crippen molar-refractivity contribution in [2.24, 2.45) is 0 Å². The van der Waals surface area contributed by atoms with Gasteiger partial charge < -0.3 is 19.7 Å². The summed E-state index contributed by atoms with van der Waals surface area (Å²) in [6, 6.07) is 13.6. The quantitative estimate of drug-likeness (QED) is 0.635. The number of nitrogens with zero attached hydrogens (tertiary/aromatic N) is 2. The van der Waals surface area contributed by atoms with Gasteiger partial charge in [0.2, 0.25) is 5.91 Å². The molecule has 2 aliphatic heterocycles. The summed E-state index contributed by atoms with van der Waals surface area (Å²) in [5.74, 6) is 0.468. The topological polar surface area (TPSA) is 71.1 Å². The third kappa shape index (κ3) is 5.37. The lowest BCUT2D eigenvalue weighted by atomic mass is 10.1. The number of likely N-dealkylation sites (N-methyl/N-ethyl adjacent to an activating group) is 1. The number of hydrogen-bond donors (Lipinski definition) is 1. The van der Waals surface area contributed by atoms with E-state index in [-0.39, 0.29) is 11.8 Å². The zero-order chi connectivity index (χ0) is 23.2. The molecule has 2 aromatic carbocycles. The van der Waals surface area contributed by atoms with Gasteiger partial charge in [0.15, 0.2) is 0 Å². The van der Waals surface area contributed by atoms with Crippen molar-refractivity contribution in [1.82, 2.24) is 15.1 Å². The zero-order valence-electron chi connectivity index (χ0n) is 19.5. The first-order chi connectivity index (χ1) is 16.1. The molecule has 7 heteroatoms. The van der Waals surface area contributed by atoms with Crippen LogP contribution in [0.25, 0.3) is 0 Å². The standard InChI is InChI=1S/C26H33N3O4/c1-3-5-23(25(30)27-2)29-17-22-21(26(29)31)6-4-7-24(22)33-18-20-10-8-19(9-11-20)16-28-12-14-32-15-13-28/h4,6-11,23H,3,5,12-18H2,1-2H3,(H,27,30). The molecule has 2 aromatic rings. The average molecular weight is 452 g/mol. The van der Waals surface area contributed by atoms with Crippen LogP contribution in [0.2, 0.25) is 0 Å². The van der Waals surface area contributed by atoms with Crippen molar-refractivity contribution in [2.45, 2.75) is 45.5 Å². The molecule has 2 amide bonds. The molecule has 1 unspecified atom stereocenters. The van der Waals surface area contributed by atoms with Crippen LogP contribution in [0.4, 0.5) is 0 Å². The van der Waals surface area contributed by atoms with Crippen LogP contribution in [-0.4, -0.2) is 61.0 Å². The summed E-state index contributed by atoms with van der Waals surface area (Å²) < 4.78 is 11.6. The van der Waals surface area contributed by atoms with Gasteiger partial charge in [-0.05, 0) is 29.7 Å². The van der Waals surface area contributed by atoms with Gasteiger partial charge in [-0.15, -0.1) is 0 Å². The van der Waals surface area contributed by atoms with Gasteiger partial charge >= 0.3 is 0 Å². The molecule has 0 aliphatic carbocycles. The predicted molar refractivity (Wildman–Crippen MR) is 126 cm³/mol. The number of ether oxygens (including phenoxy) is 2. The molecule has 0 saturated carbocycles. The van der Waals surface area contributed by atoms with Crippen molar-refractivity contribution < 1.29 is 19.1 Å². The van der Waals surface area contributed by atoms with Crippen LogP contribution < -0.4 is 10.1 Å². The van der Waals surface area contributed by atoms with Crippen molar-refractivity contribution in [2.75, 3.05) is 33.4 Å². The van der Waals surface area contributed by atoms with Gasteiger partial charge in [0.25, 0.3) is 5.91 Å². The number of amides is 2. The molecule has 4 rings (SSSR count). The first kappa shape index (κ1) is 23.3. The molecule has 7 nitrogen and oxygen atoms in total. The second kappa shape index (κ2) is 10.8. The molecular weight excluding hydrogens is 418 g/mol. The van der Waals surface area contributed by atoms with Crippen molar-refractivity contribution in [3.8, 4) is 5.75 Å². The van der Waals surface area contributed by atoms with Gasteiger partial charge in [0, 0.05) is 37.8 Å². The Morgan fingerprint density at radius 1 is 1.12 bits per heavy atom. The molecule has 2 aliphatic rings. The van der Waals surface area contributed by atoms with Crippen LogP contribution in [0.1, 0.15) is 46.8 Å². The van der Waals surface area contributed by atoms with E-state index in [1.807, 2.05) is 25.1 Å². The van der Waals surface area contributed by atoms with E-state index in [0.29, 0.717) is 30.9 Å². The maximum atomic E-state index is 13.0. The summed E-state index contributed by atoms with van der Waals surface area (Å²) in [4.78, 5) is 29.5. The Balaban J connectivity index is 1.41. The average Bonchev–Trinajstić information content (AvgIpc) is 3.19. The second-order valence-corrected chi connectivity index (χ2v) is 8.63. The number of rotatable bonds is 9. The van der Waals surface area contributed by atoms with E-state index < -0.39 is 6.04 Å². The molecule has 33 heavy (non-hydrogen) atoms. The number of morpholine rings is 1. The lowest BCUT2D eigenvalue weighted by Crippen LogP contribution is -2.46. The van der Waals surface area contributed by atoms with E-state index >= 15 is 0 Å². The van der Waals surface area contributed by atoms with Gasteiger partial charge in [0.05, 0.1) is 19.8 Å². The van der Waals surface area contributed by atoms with E-state index in [4.69, 9.17) is 9.47 Å². The third-order valence-electron chi connectivity index (χ3n) is 6.37. The minimum absolute atomic E-state index is 0.107. The summed E-state index contributed by atoms with van der Waals surface area (Å²) in [6.07, 6.45) is 1.45. The largest absolute Gasteiger partial charge is 0.489 e. The maximum Gasteiger partial charge on any atom is 0.255 e. The smallest absolute Gasteiger partial charge is 0.255 e. The van der Waals surface area contributed by atoms with Gasteiger partial charge in [-0.25, -0.2) is 0 Å². The van der Waals surface area contributed by atoms with Crippen LogP contribution >= 0.6 is 0 Å². The fourth-order valence-corrected chi connectivity index (χ4v) is 4.50. The highest BCUT2D eigenvalue weighted by Gasteiger charge is 2.37. The Bertz CT molecular complexity index is 970. The van der Waals surface area contributed by atoms with Gasteiger partial charge in [0.1, 0.15) is 18.4 Å². The van der Waals surface area contributed by atoms with E-state index in [2.05, 4.69) is 34.5 Å². The molecule has 0 bridgehead atoms. The van der Waals surface area contributed by atoms with Crippen LogP contribution in [0.3, 0.4) is 0 Å². The highest BCUT2D eigenvalue weighted by molar-refractivity contribution is 6.01. The highest BCUT2D eigenvalue weighted by atomic mass is 16.5. The molecule has 1 atom stereocenters. The lowest BCUT2D eigenvalue weighted by Gasteiger charge is -2.26. The molecule has 1 saturated heterocycles. The Labute approximate surface area is 195 Å². The van der Waals surface area contributed by atoms with E-state index in [9.17, 15) is 9.59 Å². The number of hydrogen-bond acceptors (Lipinski definition) is 5. The van der Waals surface area contributed by atoms with Gasteiger partial charge in [-0.3, -0.25) is 14.5 Å². The van der Waals surface area contributed by atoms with Crippen LogP contribution in [-0.2, 0) is 29.2 Å². The summed E-state index contributed by atoms with van der Waals surface area (Å²) in [5, 5.41) is 2.69.